The van der Waals surface area contributed by atoms with Crippen LogP contribution in [0.4, 0.5) is 11.4 Å². The van der Waals surface area contributed by atoms with Crippen LogP contribution in [0.3, 0.4) is 0 Å². The molecule has 0 radical (unpaired) electrons. The Morgan fingerprint density at radius 2 is 1.92 bits per heavy atom. The van der Waals surface area contributed by atoms with Crippen LogP contribution in [0.2, 0.25) is 0 Å². The first-order valence-corrected chi connectivity index (χ1v) is 8.92. The first-order valence-electron chi connectivity index (χ1n) is 7.48. The fourth-order valence-electron chi connectivity index (χ4n) is 2.90. The molecule has 2 aromatic carbocycles. The lowest BCUT2D eigenvalue weighted by molar-refractivity contribution is -0.387. The van der Waals surface area contributed by atoms with Crippen LogP contribution >= 0.6 is 0 Å². The predicted molar refractivity (Wildman–Crippen MR) is 90.5 cm³/mol. The third kappa shape index (κ3) is 2.74. The van der Waals surface area contributed by atoms with Crippen LogP contribution < -0.4 is 9.62 Å². The summed E-state index contributed by atoms with van der Waals surface area (Å²) in [7, 11) is -4.05. The van der Waals surface area contributed by atoms with Crippen LogP contribution in [0, 0.1) is 17.0 Å². The minimum atomic E-state index is -4.05. The van der Waals surface area contributed by atoms with Gasteiger partial charge in [-0.25, -0.2) is 8.42 Å². The van der Waals surface area contributed by atoms with Crippen molar-refractivity contribution in [1.29, 1.82) is 0 Å². The van der Waals surface area contributed by atoms with E-state index in [0.717, 1.165) is 5.56 Å². The van der Waals surface area contributed by atoms with Gasteiger partial charge < -0.3 is 5.32 Å². The second kappa shape index (κ2) is 6.21. The molecule has 0 bridgehead atoms. The topological polar surface area (TPSA) is 92.5 Å². The zero-order valence-corrected chi connectivity index (χ0v) is 13.9. The van der Waals surface area contributed by atoms with E-state index in [1.165, 1.54) is 16.4 Å². The summed E-state index contributed by atoms with van der Waals surface area (Å²) in [5, 5.41) is 14.5. The molecule has 1 heterocycles. The number of hydrogen-bond donors (Lipinski definition) is 1. The fraction of sp³-hybridized carbons (Fsp3) is 0.250. The SMILES string of the molecule is Cc1cccc([N+](=O)[O-])c1S(=O)(=O)N1CCNCc2ccccc21. The molecule has 2 aromatic rings. The molecule has 0 atom stereocenters. The number of nitro groups is 1. The van der Waals surface area contributed by atoms with Crippen molar-refractivity contribution in [3.63, 3.8) is 0 Å². The number of anilines is 1. The van der Waals surface area contributed by atoms with E-state index in [1.54, 1.807) is 25.1 Å². The third-order valence-corrected chi connectivity index (χ3v) is 6.01. The highest BCUT2D eigenvalue weighted by molar-refractivity contribution is 7.93. The molecular formula is C16H17N3O4S. The number of aryl methyl sites for hydroxylation is 1. The molecule has 1 aliphatic heterocycles. The van der Waals surface area contributed by atoms with Crippen LogP contribution in [0.5, 0.6) is 0 Å². The summed E-state index contributed by atoms with van der Waals surface area (Å²) in [5.74, 6) is 0. The lowest BCUT2D eigenvalue weighted by Crippen LogP contribution is -2.35. The first kappa shape index (κ1) is 16.4. The molecule has 126 valence electrons. The van der Waals surface area contributed by atoms with E-state index >= 15 is 0 Å². The van der Waals surface area contributed by atoms with Gasteiger partial charge in [-0.15, -0.1) is 0 Å². The number of nitrogens with zero attached hydrogens (tertiary/aromatic N) is 2. The first-order chi connectivity index (χ1) is 11.4. The summed E-state index contributed by atoms with van der Waals surface area (Å²) in [6.45, 7) is 2.80. The van der Waals surface area contributed by atoms with E-state index < -0.39 is 20.6 Å². The average Bonchev–Trinajstić information content (AvgIpc) is 2.77. The lowest BCUT2D eigenvalue weighted by Gasteiger charge is -2.24. The molecule has 0 unspecified atom stereocenters. The molecule has 1 aliphatic rings. The van der Waals surface area contributed by atoms with Crippen LogP contribution in [0.15, 0.2) is 47.4 Å². The molecule has 24 heavy (non-hydrogen) atoms. The standard InChI is InChI=1S/C16H17N3O4S/c1-12-5-4-8-15(19(20)21)16(12)24(22,23)18-10-9-17-11-13-6-2-3-7-14(13)18/h2-8,17H,9-11H2,1H3. The summed E-state index contributed by atoms with van der Waals surface area (Å²) >= 11 is 0. The van der Waals surface area contributed by atoms with Gasteiger partial charge in [0, 0.05) is 25.7 Å². The Kier molecular flexibility index (Phi) is 4.25. The molecule has 0 amide bonds. The maximum atomic E-state index is 13.2. The third-order valence-electron chi connectivity index (χ3n) is 4.00. The number of benzene rings is 2. The van der Waals surface area contributed by atoms with Crippen LogP contribution in [-0.4, -0.2) is 26.4 Å². The highest BCUT2D eigenvalue weighted by Gasteiger charge is 2.34. The second-order valence-electron chi connectivity index (χ2n) is 5.56. The summed E-state index contributed by atoms with van der Waals surface area (Å²) in [5.41, 5.74) is 1.36. The minimum absolute atomic E-state index is 0.213. The Morgan fingerprint density at radius 1 is 1.17 bits per heavy atom. The molecule has 0 saturated carbocycles. The van der Waals surface area contributed by atoms with Gasteiger partial charge in [0.05, 0.1) is 10.6 Å². The number of hydrogen-bond acceptors (Lipinski definition) is 5. The number of fused-ring (bicyclic) bond motifs is 1. The van der Waals surface area contributed by atoms with E-state index in [1.807, 2.05) is 12.1 Å². The monoisotopic (exact) mass is 347 g/mol. The summed E-state index contributed by atoms with van der Waals surface area (Å²) < 4.78 is 27.7. The molecule has 8 heteroatoms. The van der Waals surface area contributed by atoms with Gasteiger partial charge in [-0.05, 0) is 24.1 Å². The highest BCUT2D eigenvalue weighted by Crippen LogP contribution is 2.34. The molecule has 0 aliphatic carbocycles. The Hall–Kier alpha value is -2.45. The summed E-state index contributed by atoms with van der Waals surface area (Å²) in [6, 6.07) is 11.5. The van der Waals surface area contributed by atoms with E-state index in [0.29, 0.717) is 24.3 Å². The van der Waals surface area contributed by atoms with Crippen LogP contribution in [-0.2, 0) is 16.6 Å². The Morgan fingerprint density at radius 3 is 2.67 bits per heavy atom. The summed E-state index contributed by atoms with van der Waals surface area (Å²) in [4.78, 5) is 10.4. The number of nitrogens with one attached hydrogen (secondary N) is 1. The zero-order chi connectivity index (χ0) is 17.3. The number of rotatable bonds is 3. The van der Waals surface area contributed by atoms with Gasteiger partial charge in [0.1, 0.15) is 0 Å². The van der Waals surface area contributed by atoms with E-state index in [2.05, 4.69) is 5.32 Å². The van der Waals surface area contributed by atoms with Crippen molar-refractivity contribution in [1.82, 2.24) is 5.32 Å². The van der Waals surface area contributed by atoms with Gasteiger partial charge in [-0.3, -0.25) is 14.4 Å². The van der Waals surface area contributed by atoms with Gasteiger partial charge in [-0.2, -0.15) is 0 Å². The Bertz CT molecular complexity index is 896. The molecule has 1 N–H and O–H groups in total. The number of para-hydroxylation sites is 1. The van der Waals surface area contributed by atoms with Crippen LogP contribution in [0.25, 0.3) is 0 Å². The predicted octanol–water partition coefficient (Wildman–Crippen LogP) is 2.20. The average molecular weight is 347 g/mol. The molecule has 0 fully saturated rings. The van der Waals surface area contributed by atoms with Crippen LogP contribution in [0.1, 0.15) is 11.1 Å². The molecule has 0 saturated heterocycles. The van der Waals surface area contributed by atoms with Crippen molar-refractivity contribution >= 4 is 21.4 Å². The van der Waals surface area contributed by atoms with Crippen molar-refractivity contribution in [2.24, 2.45) is 0 Å². The Balaban J connectivity index is 2.21. The maximum absolute atomic E-state index is 13.2. The summed E-state index contributed by atoms with van der Waals surface area (Å²) in [6.07, 6.45) is 0. The van der Waals surface area contributed by atoms with Gasteiger partial charge in [0.15, 0.2) is 4.90 Å². The van der Waals surface area contributed by atoms with Gasteiger partial charge in [0.25, 0.3) is 15.7 Å². The fourth-order valence-corrected chi connectivity index (χ4v) is 4.77. The Labute approximate surface area is 140 Å². The molecule has 0 aromatic heterocycles. The van der Waals surface area contributed by atoms with Gasteiger partial charge in [-0.1, -0.05) is 30.3 Å². The number of nitro benzene ring substituents is 1. The largest absolute Gasteiger partial charge is 0.311 e. The maximum Gasteiger partial charge on any atom is 0.290 e. The van der Waals surface area contributed by atoms with E-state index in [4.69, 9.17) is 0 Å². The van der Waals surface area contributed by atoms with E-state index in [9.17, 15) is 18.5 Å². The van der Waals surface area contributed by atoms with Crippen molar-refractivity contribution in [3.8, 4) is 0 Å². The van der Waals surface area contributed by atoms with Crippen molar-refractivity contribution in [2.75, 3.05) is 17.4 Å². The van der Waals surface area contributed by atoms with Crippen molar-refractivity contribution in [2.45, 2.75) is 18.4 Å². The molecular weight excluding hydrogens is 330 g/mol. The second-order valence-corrected chi connectivity index (χ2v) is 7.36. The van der Waals surface area contributed by atoms with E-state index in [-0.39, 0.29) is 11.4 Å². The molecule has 0 spiro atoms. The molecule has 3 rings (SSSR count). The quantitative estimate of drug-likeness (QED) is 0.679. The highest BCUT2D eigenvalue weighted by atomic mass is 32.2. The number of sulfonamides is 1. The normalized spacial score (nSPS) is 14.8. The smallest absolute Gasteiger partial charge is 0.290 e. The van der Waals surface area contributed by atoms with Crippen molar-refractivity contribution in [3.05, 3.63) is 63.7 Å². The zero-order valence-electron chi connectivity index (χ0n) is 13.1. The van der Waals surface area contributed by atoms with Crippen molar-refractivity contribution < 1.29 is 13.3 Å². The van der Waals surface area contributed by atoms with Gasteiger partial charge in [0.2, 0.25) is 0 Å². The lowest BCUT2D eigenvalue weighted by atomic mass is 10.2. The minimum Gasteiger partial charge on any atom is -0.311 e. The molecule has 7 nitrogen and oxygen atoms in total. The van der Waals surface area contributed by atoms with Gasteiger partial charge >= 0.3 is 0 Å².